The quantitative estimate of drug-likeness (QED) is 0.914. The Balaban J connectivity index is 2.15. The van der Waals surface area contributed by atoms with Gasteiger partial charge in [-0.05, 0) is 45.3 Å². The first-order valence-electron chi connectivity index (χ1n) is 5.94. The fraction of sp³-hybridized carbons (Fsp3) is 0.214. The van der Waals surface area contributed by atoms with Crippen molar-refractivity contribution in [2.75, 3.05) is 6.26 Å². The van der Waals surface area contributed by atoms with Gasteiger partial charge in [-0.15, -0.1) is 0 Å². The second-order valence-electron chi connectivity index (χ2n) is 4.57. The molecule has 0 aliphatic carbocycles. The van der Waals surface area contributed by atoms with Crippen LogP contribution in [0, 0.1) is 0 Å². The molecule has 1 atom stereocenters. The number of nitrogens with zero attached hydrogens (tertiary/aromatic N) is 1. The zero-order valence-electron chi connectivity index (χ0n) is 10.8. The third kappa shape index (κ3) is 3.88. The second kappa shape index (κ2) is 6.03. The summed E-state index contributed by atoms with van der Waals surface area (Å²) in [6, 6.07) is 8.17. The van der Waals surface area contributed by atoms with Gasteiger partial charge in [-0.2, -0.15) is 0 Å². The highest BCUT2D eigenvalue weighted by Gasteiger charge is 2.11. The molecule has 0 saturated heterocycles. The van der Waals surface area contributed by atoms with Crippen LogP contribution in [0.3, 0.4) is 0 Å². The number of rotatable bonds is 4. The van der Waals surface area contributed by atoms with E-state index in [1.165, 1.54) is 12.1 Å². The van der Waals surface area contributed by atoms with Gasteiger partial charge in [0.1, 0.15) is 0 Å². The van der Waals surface area contributed by atoms with Crippen LogP contribution in [0.15, 0.2) is 52.1 Å². The molecule has 0 aliphatic rings. The lowest BCUT2D eigenvalue weighted by Crippen LogP contribution is -2.03. The van der Waals surface area contributed by atoms with Gasteiger partial charge in [0.2, 0.25) is 0 Å². The van der Waals surface area contributed by atoms with Crippen molar-refractivity contribution in [3.05, 3.63) is 58.3 Å². The monoisotopic (exact) mass is 355 g/mol. The molecule has 6 heteroatoms. The van der Waals surface area contributed by atoms with Crippen molar-refractivity contribution in [2.24, 2.45) is 0 Å². The Labute approximate surface area is 126 Å². The maximum Gasteiger partial charge on any atom is 0.175 e. The van der Waals surface area contributed by atoms with Crippen LogP contribution in [-0.2, 0) is 16.3 Å². The molecule has 1 aromatic heterocycles. The van der Waals surface area contributed by atoms with Crippen molar-refractivity contribution in [2.45, 2.75) is 17.4 Å². The number of aliphatic hydroxyl groups is 1. The van der Waals surface area contributed by atoms with Crippen molar-refractivity contribution in [1.82, 2.24) is 4.98 Å². The highest BCUT2D eigenvalue weighted by atomic mass is 79.9. The number of aromatic nitrogens is 1. The van der Waals surface area contributed by atoms with E-state index < -0.39 is 15.9 Å². The fourth-order valence-corrected chi connectivity index (χ4v) is 2.89. The molecule has 1 heterocycles. The molecule has 0 aliphatic heterocycles. The Bertz CT molecular complexity index is 699. The molecule has 0 saturated carbocycles. The van der Waals surface area contributed by atoms with E-state index in [4.69, 9.17) is 0 Å². The summed E-state index contributed by atoms with van der Waals surface area (Å²) in [4.78, 5) is 4.29. The molecule has 1 N–H and O–H groups in total. The van der Waals surface area contributed by atoms with E-state index in [0.29, 0.717) is 12.0 Å². The third-order valence-electron chi connectivity index (χ3n) is 2.88. The molecule has 20 heavy (non-hydrogen) atoms. The molecular formula is C14H14BrNO3S. The Morgan fingerprint density at radius 2 is 1.90 bits per heavy atom. The topological polar surface area (TPSA) is 67.3 Å². The van der Waals surface area contributed by atoms with Crippen molar-refractivity contribution < 1.29 is 13.5 Å². The summed E-state index contributed by atoms with van der Waals surface area (Å²) >= 11 is 3.33. The average Bonchev–Trinajstić information content (AvgIpc) is 2.38. The lowest BCUT2D eigenvalue weighted by molar-refractivity contribution is 0.178. The first kappa shape index (κ1) is 15.2. The smallest absolute Gasteiger partial charge is 0.175 e. The van der Waals surface area contributed by atoms with E-state index in [0.717, 1.165) is 16.3 Å². The molecule has 0 fully saturated rings. The van der Waals surface area contributed by atoms with Crippen molar-refractivity contribution in [1.29, 1.82) is 0 Å². The van der Waals surface area contributed by atoms with Crippen LogP contribution in [-0.4, -0.2) is 24.8 Å². The molecule has 1 aromatic carbocycles. The first-order chi connectivity index (χ1) is 9.36. The van der Waals surface area contributed by atoms with Gasteiger partial charge in [0.25, 0.3) is 0 Å². The summed E-state index contributed by atoms with van der Waals surface area (Å²) in [6.07, 6.45) is 4.26. The van der Waals surface area contributed by atoms with Gasteiger partial charge in [0.05, 0.1) is 11.0 Å². The van der Waals surface area contributed by atoms with Crippen molar-refractivity contribution >= 4 is 25.8 Å². The molecule has 0 radical (unpaired) electrons. The minimum absolute atomic E-state index is 0.248. The van der Waals surface area contributed by atoms with Crippen molar-refractivity contribution in [3.63, 3.8) is 0 Å². The van der Waals surface area contributed by atoms with Gasteiger partial charge in [0, 0.05) is 29.5 Å². The maximum atomic E-state index is 11.4. The van der Waals surface area contributed by atoms with E-state index in [9.17, 15) is 13.5 Å². The van der Waals surface area contributed by atoms with Crippen LogP contribution in [0.1, 0.15) is 17.2 Å². The molecule has 0 spiro atoms. The summed E-state index contributed by atoms with van der Waals surface area (Å²) in [5.41, 5.74) is 1.58. The molecule has 2 rings (SSSR count). The van der Waals surface area contributed by atoms with Gasteiger partial charge in [-0.25, -0.2) is 8.42 Å². The van der Waals surface area contributed by atoms with E-state index >= 15 is 0 Å². The Morgan fingerprint density at radius 3 is 2.45 bits per heavy atom. The summed E-state index contributed by atoms with van der Waals surface area (Å²) < 4.78 is 23.6. The number of halogens is 1. The lowest BCUT2D eigenvalue weighted by atomic mass is 10.0. The predicted molar refractivity (Wildman–Crippen MR) is 80.2 cm³/mol. The number of hydrogen-bond donors (Lipinski definition) is 1. The highest BCUT2D eigenvalue weighted by Crippen LogP contribution is 2.21. The maximum absolute atomic E-state index is 11.4. The summed E-state index contributed by atoms with van der Waals surface area (Å²) in [5.74, 6) is 0. The molecule has 0 bridgehead atoms. The van der Waals surface area contributed by atoms with Crippen LogP contribution in [0.5, 0.6) is 0 Å². The largest absolute Gasteiger partial charge is 0.388 e. The normalized spacial score (nSPS) is 13.2. The Morgan fingerprint density at radius 1 is 1.25 bits per heavy atom. The van der Waals surface area contributed by atoms with Gasteiger partial charge < -0.3 is 5.11 Å². The zero-order valence-corrected chi connectivity index (χ0v) is 13.2. The summed E-state index contributed by atoms with van der Waals surface area (Å²) in [7, 11) is -3.21. The van der Waals surface area contributed by atoms with Crippen LogP contribution in [0.25, 0.3) is 0 Å². The zero-order chi connectivity index (χ0) is 14.8. The minimum atomic E-state index is -3.21. The van der Waals surface area contributed by atoms with E-state index in [2.05, 4.69) is 20.9 Å². The highest BCUT2D eigenvalue weighted by molar-refractivity contribution is 9.10. The number of pyridine rings is 1. The van der Waals surface area contributed by atoms with Crippen LogP contribution in [0.4, 0.5) is 0 Å². The van der Waals surface area contributed by atoms with Gasteiger partial charge in [0.15, 0.2) is 9.84 Å². The average molecular weight is 356 g/mol. The van der Waals surface area contributed by atoms with Gasteiger partial charge in [-0.3, -0.25) is 4.98 Å². The first-order valence-corrected chi connectivity index (χ1v) is 8.62. The lowest BCUT2D eigenvalue weighted by Gasteiger charge is -2.11. The minimum Gasteiger partial charge on any atom is -0.388 e. The van der Waals surface area contributed by atoms with Crippen LogP contribution < -0.4 is 0 Å². The van der Waals surface area contributed by atoms with Crippen LogP contribution in [0.2, 0.25) is 0 Å². The number of aliphatic hydroxyl groups excluding tert-OH is 1. The van der Waals surface area contributed by atoms with Gasteiger partial charge >= 0.3 is 0 Å². The number of sulfone groups is 1. The predicted octanol–water partition coefficient (Wildman–Crippen LogP) is 2.52. The summed E-state index contributed by atoms with van der Waals surface area (Å²) in [5, 5.41) is 10.2. The van der Waals surface area contributed by atoms with Crippen molar-refractivity contribution in [3.8, 4) is 0 Å². The number of hydrogen-bond acceptors (Lipinski definition) is 4. The van der Waals surface area contributed by atoms with Crippen LogP contribution >= 0.6 is 15.9 Å². The number of benzene rings is 1. The molecule has 2 aromatic rings. The van der Waals surface area contributed by atoms with E-state index in [1.54, 1.807) is 24.5 Å². The Hall–Kier alpha value is -1.24. The molecular weight excluding hydrogens is 342 g/mol. The van der Waals surface area contributed by atoms with Gasteiger partial charge in [-0.1, -0.05) is 12.1 Å². The SMILES string of the molecule is CS(=O)(=O)c1ccc(C(O)Cc2cncc(Br)c2)cc1. The standard InChI is InChI=1S/C14H14BrNO3S/c1-20(18,19)13-4-2-11(3-5-13)14(17)7-10-6-12(15)9-16-8-10/h2-6,8-9,14,17H,7H2,1H3. The fourth-order valence-electron chi connectivity index (χ4n) is 1.85. The molecule has 106 valence electrons. The molecule has 0 amide bonds. The summed E-state index contributed by atoms with van der Waals surface area (Å²) in [6.45, 7) is 0. The Kier molecular flexibility index (Phi) is 4.57. The van der Waals surface area contributed by atoms with E-state index in [-0.39, 0.29) is 4.90 Å². The third-order valence-corrected chi connectivity index (χ3v) is 4.45. The molecule has 4 nitrogen and oxygen atoms in total. The molecule has 1 unspecified atom stereocenters. The second-order valence-corrected chi connectivity index (χ2v) is 7.50. The van der Waals surface area contributed by atoms with E-state index in [1.807, 2.05) is 6.07 Å².